The van der Waals surface area contributed by atoms with Crippen molar-refractivity contribution in [2.24, 2.45) is 9.98 Å². The van der Waals surface area contributed by atoms with Crippen LogP contribution in [0.1, 0.15) is 18.1 Å². The molecule has 0 fully saturated rings. The fraction of sp³-hybridized carbons (Fsp3) is 0.107. The third-order valence-corrected chi connectivity index (χ3v) is 5.78. The molecule has 8 heteroatoms. The Bertz CT molecular complexity index is 1560. The molecule has 0 amide bonds. The number of allylic oxidation sites excluding steroid dienone is 2. The molecule has 0 saturated heterocycles. The first-order valence-electron chi connectivity index (χ1n) is 11.4. The Balaban J connectivity index is 1.50. The number of benzene rings is 1. The Kier molecular flexibility index (Phi) is 6.45. The van der Waals surface area contributed by atoms with Gasteiger partial charge >= 0.3 is 0 Å². The highest BCUT2D eigenvalue weighted by Crippen LogP contribution is 2.31. The van der Waals surface area contributed by atoms with Gasteiger partial charge in [-0.1, -0.05) is 24.6 Å². The summed E-state index contributed by atoms with van der Waals surface area (Å²) < 4.78 is 18.3. The van der Waals surface area contributed by atoms with Crippen molar-refractivity contribution >= 4 is 17.1 Å². The summed E-state index contributed by atoms with van der Waals surface area (Å²) in [7, 11) is 0. The third kappa shape index (κ3) is 4.68. The van der Waals surface area contributed by atoms with E-state index in [9.17, 15) is 4.39 Å². The molecule has 0 aliphatic carbocycles. The molecule has 5 rings (SSSR count). The topological polar surface area (TPSA) is 73.2 Å². The normalized spacial score (nSPS) is 15.6. The molecule has 0 bridgehead atoms. The smallest absolute Gasteiger partial charge is 0.170 e. The Morgan fingerprint density at radius 1 is 1.03 bits per heavy atom. The van der Waals surface area contributed by atoms with Crippen molar-refractivity contribution in [3.05, 3.63) is 108 Å². The standard InChI is InChI=1S/C28H22FN7/c1-3-23-25(15-27(34-28(23)31-4-2)24-8-5-6-9-26(24)29)21-14-20(16-30-17-21)22-18-33-36(19-22)13-12-35-11-7-10-32-35/h2-3,5-11,14-19H,12-13H2,1H3/b23-3-,31-28+. The first-order chi connectivity index (χ1) is 17.7. The Hall–Kier alpha value is -4.90. The number of aromatic nitrogens is 5. The second-order valence-corrected chi connectivity index (χ2v) is 8.03. The predicted octanol–water partition coefficient (Wildman–Crippen LogP) is 4.80. The lowest BCUT2D eigenvalue weighted by molar-refractivity contribution is 0.500. The van der Waals surface area contributed by atoms with Crippen LogP contribution in [0.5, 0.6) is 0 Å². The van der Waals surface area contributed by atoms with E-state index < -0.39 is 0 Å². The second-order valence-electron chi connectivity index (χ2n) is 8.03. The number of aryl methyl sites for hydroxylation is 2. The number of amidine groups is 1. The Morgan fingerprint density at radius 2 is 1.86 bits per heavy atom. The van der Waals surface area contributed by atoms with Gasteiger partial charge in [-0.3, -0.25) is 14.3 Å². The van der Waals surface area contributed by atoms with E-state index in [0.29, 0.717) is 23.7 Å². The summed E-state index contributed by atoms with van der Waals surface area (Å²) in [5.74, 6) is -0.0159. The fourth-order valence-corrected chi connectivity index (χ4v) is 4.04. The molecule has 36 heavy (non-hydrogen) atoms. The first kappa shape index (κ1) is 22.9. The number of rotatable bonds is 6. The number of hydrogen-bond donors (Lipinski definition) is 0. The summed E-state index contributed by atoms with van der Waals surface area (Å²) in [4.78, 5) is 13.2. The molecule has 3 aromatic heterocycles. The molecule has 0 N–H and O–H groups in total. The van der Waals surface area contributed by atoms with Gasteiger partial charge in [-0.2, -0.15) is 15.2 Å². The predicted molar refractivity (Wildman–Crippen MR) is 139 cm³/mol. The number of aliphatic imine (C=N–C) groups is 2. The molecule has 0 atom stereocenters. The molecular weight excluding hydrogens is 453 g/mol. The minimum atomic E-state index is -0.370. The van der Waals surface area contributed by atoms with Gasteiger partial charge in [0.2, 0.25) is 0 Å². The lowest BCUT2D eigenvalue weighted by atomic mass is 9.91. The molecule has 1 aliphatic rings. The molecule has 0 radical (unpaired) electrons. The fourth-order valence-electron chi connectivity index (χ4n) is 4.04. The summed E-state index contributed by atoms with van der Waals surface area (Å²) in [6.07, 6.45) is 20.2. The van der Waals surface area contributed by atoms with Crippen LogP contribution >= 0.6 is 0 Å². The summed E-state index contributed by atoms with van der Waals surface area (Å²) in [5, 5.41) is 8.71. The molecule has 0 saturated carbocycles. The van der Waals surface area contributed by atoms with Gasteiger partial charge in [0.25, 0.3) is 0 Å². The van der Waals surface area contributed by atoms with Crippen LogP contribution in [0.3, 0.4) is 0 Å². The number of nitrogens with zero attached hydrogens (tertiary/aromatic N) is 7. The molecular formula is C28H22FN7. The van der Waals surface area contributed by atoms with Gasteiger partial charge in [0.05, 0.1) is 25.0 Å². The summed E-state index contributed by atoms with van der Waals surface area (Å²) >= 11 is 0. The largest absolute Gasteiger partial charge is 0.271 e. The Morgan fingerprint density at radius 3 is 2.64 bits per heavy atom. The van der Waals surface area contributed by atoms with Gasteiger partial charge in [-0.15, -0.1) is 0 Å². The van der Waals surface area contributed by atoms with Crippen molar-refractivity contribution in [1.82, 2.24) is 24.5 Å². The zero-order chi connectivity index (χ0) is 24.9. The van der Waals surface area contributed by atoms with Gasteiger partial charge in [0.15, 0.2) is 5.84 Å². The van der Waals surface area contributed by atoms with Crippen molar-refractivity contribution in [1.29, 1.82) is 0 Å². The highest BCUT2D eigenvalue weighted by atomic mass is 19.1. The van der Waals surface area contributed by atoms with E-state index in [-0.39, 0.29) is 5.82 Å². The lowest BCUT2D eigenvalue weighted by Gasteiger charge is -2.18. The van der Waals surface area contributed by atoms with Crippen molar-refractivity contribution in [3.8, 4) is 23.6 Å². The van der Waals surface area contributed by atoms with E-state index in [4.69, 9.17) is 6.42 Å². The maximum Gasteiger partial charge on any atom is 0.170 e. The van der Waals surface area contributed by atoms with Crippen LogP contribution in [-0.4, -0.2) is 36.1 Å². The number of pyridine rings is 1. The molecule has 4 aromatic rings. The Labute approximate surface area is 208 Å². The van der Waals surface area contributed by atoms with Gasteiger partial charge in [-0.05, 0) is 42.8 Å². The minimum absolute atomic E-state index is 0.354. The van der Waals surface area contributed by atoms with E-state index >= 15 is 0 Å². The first-order valence-corrected chi connectivity index (χ1v) is 11.4. The SMILES string of the molecule is C#C/N=C1/N=C(c2ccccc2F)C=C(c2cncc(-c3cnn(CCn4cccn4)c3)c2)/C1=C/C. The average molecular weight is 476 g/mol. The van der Waals surface area contributed by atoms with Gasteiger partial charge < -0.3 is 0 Å². The number of terminal acetylenes is 1. The van der Waals surface area contributed by atoms with E-state index in [2.05, 4.69) is 31.2 Å². The summed E-state index contributed by atoms with van der Waals surface area (Å²) in [6.45, 7) is 3.30. The van der Waals surface area contributed by atoms with Crippen molar-refractivity contribution in [3.63, 3.8) is 0 Å². The zero-order valence-corrected chi connectivity index (χ0v) is 19.6. The van der Waals surface area contributed by atoms with Crippen LogP contribution in [0.25, 0.3) is 16.7 Å². The van der Waals surface area contributed by atoms with Crippen LogP contribution in [0, 0.1) is 18.3 Å². The molecule has 0 unspecified atom stereocenters. The summed E-state index contributed by atoms with van der Waals surface area (Å²) in [6, 6.07) is 12.7. The van der Waals surface area contributed by atoms with Crippen LogP contribution in [0.15, 0.2) is 101 Å². The number of halogens is 1. The van der Waals surface area contributed by atoms with Crippen LogP contribution in [-0.2, 0) is 13.1 Å². The molecule has 1 aromatic carbocycles. The van der Waals surface area contributed by atoms with E-state index in [1.165, 1.54) is 6.07 Å². The minimum Gasteiger partial charge on any atom is -0.271 e. The van der Waals surface area contributed by atoms with Crippen LogP contribution in [0.2, 0.25) is 0 Å². The van der Waals surface area contributed by atoms with Gasteiger partial charge in [0.1, 0.15) is 5.82 Å². The van der Waals surface area contributed by atoms with Crippen molar-refractivity contribution in [2.45, 2.75) is 20.0 Å². The highest BCUT2D eigenvalue weighted by Gasteiger charge is 2.22. The third-order valence-electron chi connectivity index (χ3n) is 5.78. The quantitative estimate of drug-likeness (QED) is 0.376. The average Bonchev–Trinajstić information content (AvgIpc) is 3.60. The van der Waals surface area contributed by atoms with E-state index in [1.807, 2.05) is 59.2 Å². The van der Waals surface area contributed by atoms with Crippen molar-refractivity contribution in [2.75, 3.05) is 0 Å². The second kappa shape index (κ2) is 10.2. The van der Waals surface area contributed by atoms with E-state index in [1.54, 1.807) is 36.8 Å². The number of hydrogen-bond acceptors (Lipinski definition) is 4. The maximum atomic E-state index is 14.6. The molecule has 0 spiro atoms. The molecule has 7 nitrogen and oxygen atoms in total. The molecule has 176 valence electrons. The molecule has 1 aliphatic heterocycles. The maximum absolute atomic E-state index is 14.6. The lowest BCUT2D eigenvalue weighted by Crippen LogP contribution is -2.15. The van der Waals surface area contributed by atoms with Gasteiger partial charge in [-0.25, -0.2) is 9.38 Å². The van der Waals surface area contributed by atoms with Crippen LogP contribution < -0.4 is 0 Å². The summed E-state index contributed by atoms with van der Waals surface area (Å²) in [5.41, 5.74) is 5.04. The van der Waals surface area contributed by atoms with Crippen LogP contribution in [0.4, 0.5) is 4.39 Å². The van der Waals surface area contributed by atoms with E-state index in [0.717, 1.165) is 34.4 Å². The zero-order valence-electron chi connectivity index (χ0n) is 19.6. The number of dihydropyridines is 1. The monoisotopic (exact) mass is 475 g/mol. The highest BCUT2D eigenvalue weighted by molar-refractivity contribution is 6.28. The van der Waals surface area contributed by atoms with Crippen molar-refractivity contribution < 1.29 is 4.39 Å². The molecule has 4 heterocycles. The van der Waals surface area contributed by atoms with Gasteiger partial charge in [0, 0.05) is 64.9 Å².